The van der Waals surface area contributed by atoms with Gasteiger partial charge in [-0.25, -0.2) is 14.6 Å². The molecule has 1 N–H and O–H groups in total. The lowest BCUT2D eigenvalue weighted by Crippen LogP contribution is -2.48. The van der Waals surface area contributed by atoms with E-state index in [9.17, 15) is 19.5 Å². The Morgan fingerprint density at radius 2 is 1.89 bits per heavy atom. The van der Waals surface area contributed by atoms with Gasteiger partial charge in [-0.15, -0.1) is 0 Å². The van der Waals surface area contributed by atoms with Crippen LogP contribution in [-0.4, -0.2) is 69.7 Å². The van der Waals surface area contributed by atoms with E-state index >= 15 is 0 Å². The number of aliphatic hydroxyl groups is 1. The van der Waals surface area contributed by atoms with E-state index in [0.29, 0.717) is 54.3 Å². The van der Waals surface area contributed by atoms with Crippen LogP contribution in [0.25, 0.3) is 22.3 Å². The number of rotatable bonds is 3. The van der Waals surface area contributed by atoms with Crippen LogP contribution >= 0.6 is 0 Å². The minimum absolute atomic E-state index is 0.0926. The normalized spacial score (nSPS) is 20.6. The molecule has 1 amide bonds. The minimum Gasteiger partial charge on any atom is -0.458 e. The number of hydrogen-bond donors (Lipinski definition) is 1. The number of hydrogen-bond acceptors (Lipinski definition) is 8. The number of benzene rings is 1. The Balaban J connectivity index is 1.41. The molecule has 1 fully saturated rings. The van der Waals surface area contributed by atoms with Crippen molar-refractivity contribution in [2.24, 2.45) is 0 Å². The first kappa shape index (κ1) is 24.6. The van der Waals surface area contributed by atoms with E-state index in [2.05, 4.69) is 4.90 Å². The fraction of sp³-hybridized carbons (Fsp3) is 0.429. The van der Waals surface area contributed by atoms with Gasteiger partial charge in [-0.3, -0.25) is 4.79 Å². The molecule has 198 valence electrons. The molecule has 0 radical (unpaired) electrons. The molecular weight excluding hydrogens is 488 g/mol. The molecule has 10 nitrogen and oxygen atoms in total. The number of aromatic nitrogens is 2. The summed E-state index contributed by atoms with van der Waals surface area (Å²) in [6, 6.07) is 7.34. The second kappa shape index (κ2) is 8.92. The van der Waals surface area contributed by atoms with E-state index in [-0.39, 0.29) is 24.7 Å². The van der Waals surface area contributed by atoms with Gasteiger partial charge in [0.25, 0.3) is 5.56 Å². The molecule has 5 heterocycles. The largest absolute Gasteiger partial charge is 0.458 e. The van der Waals surface area contributed by atoms with E-state index < -0.39 is 11.6 Å². The summed E-state index contributed by atoms with van der Waals surface area (Å²) in [6.07, 6.45) is 0.397. The van der Waals surface area contributed by atoms with Gasteiger partial charge in [-0.1, -0.05) is 13.8 Å². The van der Waals surface area contributed by atoms with Gasteiger partial charge in [0.15, 0.2) is 5.60 Å². The number of piperazine rings is 1. The van der Waals surface area contributed by atoms with E-state index in [1.165, 1.54) is 0 Å². The number of nitrogens with zero attached hydrogens (tertiary/aromatic N) is 4. The molecule has 0 unspecified atom stereocenters. The van der Waals surface area contributed by atoms with E-state index in [1.54, 1.807) is 22.5 Å². The van der Waals surface area contributed by atoms with Crippen LogP contribution < -0.4 is 10.3 Å². The molecule has 38 heavy (non-hydrogen) atoms. The van der Waals surface area contributed by atoms with Crippen molar-refractivity contribution in [2.45, 2.75) is 45.4 Å². The first-order valence-electron chi connectivity index (χ1n) is 13.0. The van der Waals surface area contributed by atoms with Crippen molar-refractivity contribution in [2.75, 3.05) is 33.2 Å². The third-order valence-electron chi connectivity index (χ3n) is 8.01. The summed E-state index contributed by atoms with van der Waals surface area (Å²) in [4.78, 5) is 47.5. The SMILES string of the molecule is CCc1cc(OC(=O)N2CCN(C)CC2)cc2cc3c(nc12)-c1cc2c(c(=O)n1C3)COC(=O)[C@]2(O)CC. The molecule has 2 aromatic heterocycles. The molecule has 10 heteroatoms. The van der Waals surface area contributed by atoms with Crippen molar-refractivity contribution in [3.8, 4) is 17.1 Å². The standard InChI is InChI=1S/C28H30N4O6/c1-4-16-11-19(38-27(35)31-8-6-30(3)7-9-31)12-17-10-18-14-32-22(24(18)29-23(16)17)13-21-20(25(32)33)15-37-26(34)28(21,36)5-2/h10-13,36H,4-9,14-15H2,1-3H3/t28-/m0/s1. The average molecular weight is 519 g/mol. The van der Waals surface area contributed by atoms with Gasteiger partial charge < -0.3 is 28.9 Å². The monoisotopic (exact) mass is 518 g/mol. The van der Waals surface area contributed by atoms with Gasteiger partial charge >= 0.3 is 12.1 Å². The lowest BCUT2D eigenvalue weighted by molar-refractivity contribution is -0.172. The van der Waals surface area contributed by atoms with Crippen molar-refractivity contribution < 1.29 is 24.2 Å². The number of fused-ring (bicyclic) bond motifs is 5. The number of carbonyl (C=O) groups excluding carboxylic acids is 2. The zero-order chi connectivity index (χ0) is 26.8. The van der Waals surface area contributed by atoms with Crippen LogP contribution in [0, 0.1) is 0 Å². The summed E-state index contributed by atoms with van der Waals surface area (Å²) >= 11 is 0. The lowest BCUT2D eigenvalue weighted by Gasteiger charge is -2.31. The smallest absolute Gasteiger partial charge is 0.415 e. The molecule has 0 aliphatic carbocycles. The first-order valence-corrected chi connectivity index (χ1v) is 13.0. The maximum Gasteiger partial charge on any atom is 0.415 e. The highest BCUT2D eigenvalue weighted by Crippen LogP contribution is 2.39. The first-order chi connectivity index (χ1) is 18.2. The van der Waals surface area contributed by atoms with Gasteiger partial charge in [-0.05, 0) is 49.7 Å². The van der Waals surface area contributed by atoms with Crippen molar-refractivity contribution in [3.63, 3.8) is 0 Å². The number of likely N-dealkylation sites (N-methyl/N-ethyl adjacent to an activating group) is 1. The Morgan fingerprint density at radius 3 is 2.61 bits per heavy atom. The van der Waals surface area contributed by atoms with Crippen LogP contribution in [-0.2, 0) is 34.7 Å². The lowest BCUT2D eigenvalue weighted by atomic mass is 9.86. The molecular formula is C28H30N4O6. The number of esters is 1. The summed E-state index contributed by atoms with van der Waals surface area (Å²) in [5.41, 5.74) is 2.16. The Labute approximate surface area is 219 Å². The van der Waals surface area contributed by atoms with Crippen molar-refractivity contribution in [3.05, 3.63) is 56.9 Å². The number of carbonyl (C=O) groups is 2. The Hall–Kier alpha value is -3.76. The van der Waals surface area contributed by atoms with E-state index in [0.717, 1.165) is 35.1 Å². The second-order valence-electron chi connectivity index (χ2n) is 10.3. The highest BCUT2D eigenvalue weighted by molar-refractivity contribution is 5.89. The fourth-order valence-electron chi connectivity index (χ4n) is 5.62. The number of cyclic esters (lactones) is 1. The number of amides is 1. The molecule has 3 aliphatic heterocycles. The summed E-state index contributed by atoms with van der Waals surface area (Å²) < 4.78 is 12.5. The van der Waals surface area contributed by atoms with E-state index in [1.807, 2.05) is 32.2 Å². The third-order valence-corrected chi connectivity index (χ3v) is 8.01. The predicted molar refractivity (Wildman–Crippen MR) is 139 cm³/mol. The van der Waals surface area contributed by atoms with Gasteiger partial charge in [-0.2, -0.15) is 0 Å². The predicted octanol–water partition coefficient (Wildman–Crippen LogP) is 2.39. The highest BCUT2D eigenvalue weighted by Gasteiger charge is 2.45. The molecule has 6 rings (SSSR count). The van der Waals surface area contributed by atoms with Crippen molar-refractivity contribution in [1.29, 1.82) is 0 Å². The molecule has 1 saturated heterocycles. The molecule has 3 aromatic rings. The van der Waals surface area contributed by atoms with Crippen LogP contribution in [0.15, 0.2) is 29.1 Å². The average Bonchev–Trinajstić information content (AvgIpc) is 3.27. The molecule has 1 atom stereocenters. The summed E-state index contributed by atoms with van der Waals surface area (Å²) in [7, 11) is 2.03. The Kier molecular flexibility index (Phi) is 5.77. The van der Waals surface area contributed by atoms with Crippen molar-refractivity contribution in [1.82, 2.24) is 19.4 Å². The molecule has 0 bridgehead atoms. The van der Waals surface area contributed by atoms with Crippen LogP contribution in [0.4, 0.5) is 4.79 Å². The van der Waals surface area contributed by atoms with Crippen LogP contribution in [0.3, 0.4) is 0 Å². The Morgan fingerprint density at radius 1 is 1.13 bits per heavy atom. The van der Waals surface area contributed by atoms with Gasteiger partial charge in [0, 0.05) is 42.7 Å². The van der Waals surface area contributed by atoms with Gasteiger partial charge in [0.2, 0.25) is 0 Å². The topological polar surface area (TPSA) is 114 Å². The number of ether oxygens (including phenoxy) is 2. The van der Waals surface area contributed by atoms with Crippen LogP contribution in [0.2, 0.25) is 0 Å². The van der Waals surface area contributed by atoms with Crippen molar-refractivity contribution >= 4 is 23.0 Å². The quantitative estimate of drug-likeness (QED) is 0.411. The van der Waals surface area contributed by atoms with Gasteiger partial charge in [0.1, 0.15) is 12.4 Å². The zero-order valence-electron chi connectivity index (χ0n) is 21.7. The highest BCUT2D eigenvalue weighted by atomic mass is 16.6. The molecule has 1 aromatic carbocycles. The van der Waals surface area contributed by atoms with Crippen LogP contribution in [0.5, 0.6) is 5.75 Å². The van der Waals surface area contributed by atoms with Crippen LogP contribution in [0.1, 0.15) is 42.5 Å². The molecule has 3 aliphatic rings. The van der Waals surface area contributed by atoms with Gasteiger partial charge in [0.05, 0.1) is 29.0 Å². The Bertz CT molecular complexity index is 1560. The maximum absolute atomic E-state index is 13.4. The summed E-state index contributed by atoms with van der Waals surface area (Å²) in [6.45, 7) is 6.71. The molecule has 0 saturated carbocycles. The minimum atomic E-state index is -1.86. The summed E-state index contributed by atoms with van der Waals surface area (Å²) in [5.74, 6) is -0.277. The number of pyridine rings is 2. The zero-order valence-corrected chi connectivity index (χ0v) is 21.7. The summed E-state index contributed by atoms with van der Waals surface area (Å²) in [5, 5.41) is 11.9. The maximum atomic E-state index is 13.4. The second-order valence-corrected chi connectivity index (χ2v) is 10.3. The third kappa shape index (κ3) is 3.70. The fourth-order valence-corrected chi connectivity index (χ4v) is 5.62. The van der Waals surface area contributed by atoms with E-state index in [4.69, 9.17) is 14.5 Å². The number of aryl methyl sites for hydroxylation is 1. The molecule has 0 spiro atoms.